The first-order valence-corrected chi connectivity index (χ1v) is 7.66. The van der Waals surface area contributed by atoms with E-state index in [1.54, 1.807) is 0 Å². The first kappa shape index (κ1) is 19.6. The van der Waals surface area contributed by atoms with Crippen molar-refractivity contribution in [2.24, 2.45) is 0 Å². The van der Waals surface area contributed by atoms with Crippen molar-refractivity contribution in [3.8, 4) is 0 Å². The zero-order chi connectivity index (χ0) is 16.0. The van der Waals surface area contributed by atoms with Crippen molar-refractivity contribution in [2.45, 2.75) is 76.1 Å². The lowest BCUT2D eigenvalue weighted by Crippen LogP contribution is -2.29. The van der Waals surface area contributed by atoms with Gasteiger partial charge in [-0.05, 0) is 6.42 Å². The molecule has 118 valence electrons. The van der Waals surface area contributed by atoms with Crippen LogP contribution in [-0.2, 0) is 19.1 Å². The average Bonchev–Trinajstić information content (AvgIpc) is 2.10. The van der Waals surface area contributed by atoms with Gasteiger partial charge in [-0.1, -0.05) is 34.6 Å². The highest BCUT2D eigenvalue weighted by molar-refractivity contribution is 7.82. The van der Waals surface area contributed by atoms with Crippen molar-refractivity contribution < 1.29 is 19.1 Å². The molecule has 0 heterocycles. The molecule has 0 aromatic heterocycles. The van der Waals surface area contributed by atoms with Crippen LogP contribution in [0.2, 0.25) is 0 Å². The van der Waals surface area contributed by atoms with E-state index in [9.17, 15) is 9.59 Å². The van der Waals surface area contributed by atoms with Crippen LogP contribution < -0.4 is 0 Å². The molecule has 0 bridgehead atoms. The molecule has 0 rings (SSSR count). The van der Waals surface area contributed by atoms with Crippen LogP contribution in [0.3, 0.4) is 0 Å². The summed E-state index contributed by atoms with van der Waals surface area (Å²) in [6.45, 7) is 9.21. The zero-order valence-electron chi connectivity index (χ0n) is 12.9. The summed E-state index contributed by atoms with van der Waals surface area (Å²) in [5, 5.41) is 0. The van der Waals surface area contributed by atoms with Crippen LogP contribution in [0.15, 0.2) is 0 Å². The van der Waals surface area contributed by atoms with Crippen LogP contribution in [0.4, 0.5) is 0 Å². The van der Waals surface area contributed by atoms with E-state index < -0.39 is 27.7 Å². The molecule has 0 spiro atoms. The van der Waals surface area contributed by atoms with Crippen molar-refractivity contribution in [1.29, 1.82) is 0 Å². The quantitative estimate of drug-likeness (QED) is 0.408. The van der Waals surface area contributed by atoms with E-state index in [0.717, 1.165) is 6.42 Å². The number of esters is 2. The van der Waals surface area contributed by atoms with Crippen molar-refractivity contribution in [3.05, 3.63) is 0 Å². The molecule has 0 unspecified atom stereocenters. The summed E-state index contributed by atoms with van der Waals surface area (Å²) in [5.74, 6) is -0.831. The minimum Gasteiger partial charge on any atom is -0.425 e. The van der Waals surface area contributed by atoms with Gasteiger partial charge >= 0.3 is 11.9 Å². The number of hydrogen-bond acceptors (Lipinski definition) is 6. The van der Waals surface area contributed by atoms with Gasteiger partial charge in [0.25, 0.3) is 0 Å². The van der Waals surface area contributed by atoms with Gasteiger partial charge in [0.1, 0.15) is 0 Å². The Kier molecular flexibility index (Phi) is 8.03. The average molecular weight is 322 g/mol. The van der Waals surface area contributed by atoms with Gasteiger partial charge in [0.15, 0.2) is 0 Å². The number of hydrogen-bond donors (Lipinski definition) is 2. The molecule has 0 aromatic rings. The molecule has 6 heteroatoms. The van der Waals surface area contributed by atoms with E-state index in [0.29, 0.717) is 6.42 Å². The van der Waals surface area contributed by atoms with E-state index in [2.05, 4.69) is 25.3 Å². The smallest absolute Gasteiger partial charge is 0.310 e. The SMILES string of the molecule is CCCC(OC(=O)CC(C)(C)S)OC(=O)CC(C)(C)S. The third-order valence-electron chi connectivity index (χ3n) is 2.20. The second-order valence-electron chi connectivity index (χ2n) is 6.18. The summed E-state index contributed by atoms with van der Waals surface area (Å²) < 4.78 is 9.49. The molecular formula is C14H26O4S2. The lowest BCUT2D eigenvalue weighted by Gasteiger charge is -2.22. The highest BCUT2D eigenvalue weighted by Crippen LogP contribution is 2.21. The molecule has 0 saturated carbocycles. The van der Waals surface area contributed by atoms with Crippen LogP contribution in [0.1, 0.15) is 60.3 Å². The third-order valence-corrected chi connectivity index (χ3v) is 2.52. The monoisotopic (exact) mass is 322 g/mol. The number of carbonyl (C=O) groups excluding carboxylic acids is 2. The molecule has 0 N–H and O–H groups in total. The second kappa shape index (κ2) is 8.17. The van der Waals surface area contributed by atoms with Crippen molar-refractivity contribution in [1.82, 2.24) is 0 Å². The highest BCUT2D eigenvalue weighted by atomic mass is 32.1. The van der Waals surface area contributed by atoms with E-state index in [1.807, 2.05) is 34.6 Å². The predicted molar refractivity (Wildman–Crippen MR) is 86.2 cm³/mol. The molecule has 0 aromatic carbocycles. The van der Waals surface area contributed by atoms with Crippen LogP contribution >= 0.6 is 25.3 Å². The summed E-state index contributed by atoms with van der Waals surface area (Å²) in [6.07, 6.45) is 0.723. The molecular weight excluding hydrogens is 296 g/mol. The normalized spacial score (nSPS) is 12.4. The van der Waals surface area contributed by atoms with E-state index in [-0.39, 0.29) is 12.8 Å². The number of ether oxygens (including phenoxy) is 2. The molecule has 0 radical (unpaired) electrons. The summed E-state index contributed by atoms with van der Waals surface area (Å²) in [7, 11) is 0. The van der Waals surface area contributed by atoms with Crippen molar-refractivity contribution in [3.63, 3.8) is 0 Å². The second-order valence-corrected chi connectivity index (χ2v) is 8.60. The van der Waals surface area contributed by atoms with Gasteiger partial charge in [-0.25, -0.2) is 0 Å². The van der Waals surface area contributed by atoms with Gasteiger partial charge in [0, 0.05) is 15.9 Å². The molecule has 4 nitrogen and oxygen atoms in total. The topological polar surface area (TPSA) is 52.6 Å². The lowest BCUT2D eigenvalue weighted by atomic mass is 10.1. The van der Waals surface area contributed by atoms with Gasteiger partial charge in [-0.2, -0.15) is 25.3 Å². The van der Waals surface area contributed by atoms with E-state index in [4.69, 9.17) is 9.47 Å². The van der Waals surface area contributed by atoms with Gasteiger partial charge in [-0.15, -0.1) is 0 Å². The van der Waals surface area contributed by atoms with E-state index in [1.165, 1.54) is 0 Å². The highest BCUT2D eigenvalue weighted by Gasteiger charge is 2.25. The fourth-order valence-corrected chi connectivity index (χ4v) is 1.72. The maximum absolute atomic E-state index is 11.7. The van der Waals surface area contributed by atoms with Crippen LogP contribution in [0, 0.1) is 0 Å². The molecule has 0 aliphatic rings. The Labute approximate surface area is 132 Å². The molecule has 0 aliphatic heterocycles. The number of carbonyl (C=O) groups is 2. The minimum absolute atomic E-state index is 0.159. The summed E-state index contributed by atoms with van der Waals surface area (Å²) in [4.78, 5) is 23.5. The van der Waals surface area contributed by atoms with Gasteiger partial charge in [0.05, 0.1) is 12.8 Å². The Morgan fingerprint density at radius 3 is 1.55 bits per heavy atom. The maximum Gasteiger partial charge on any atom is 0.310 e. The fourth-order valence-electron chi connectivity index (χ4n) is 1.46. The molecule has 0 fully saturated rings. The molecule has 0 saturated heterocycles. The number of rotatable bonds is 8. The lowest BCUT2D eigenvalue weighted by molar-refractivity contribution is -0.189. The summed E-state index contributed by atoms with van der Waals surface area (Å²) in [6, 6.07) is 0. The first-order chi connectivity index (χ1) is 8.93. The van der Waals surface area contributed by atoms with Crippen LogP contribution in [0.5, 0.6) is 0 Å². The van der Waals surface area contributed by atoms with Crippen LogP contribution in [0.25, 0.3) is 0 Å². The van der Waals surface area contributed by atoms with Gasteiger partial charge in [-0.3, -0.25) is 9.59 Å². The van der Waals surface area contributed by atoms with E-state index >= 15 is 0 Å². The Balaban J connectivity index is 4.43. The largest absolute Gasteiger partial charge is 0.425 e. The third kappa shape index (κ3) is 11.5. The van der Waals surface area contributed by atoms with Crippen molar-refractivity contribution in [2.75, 3.05) is 0 Å². The maximum atomic E-state index is 11.7. The summed E-state index contributed by atoms with van der Waals surface area (Å²) >= 11 is 8.55. The Bertz CT molecular complexity index is 299. The Morgan fingerprint density at radius 1 is 0.950 bits per heavy atom. The Morgan fingerprint density at radius 2 is 1.30 bits per heavy atom. The van der Waals surface area contributed by atoms with Gasteiger partial charge < -0.3 is 9.47 Å². The molecule has 0 amide bonds. The standard InChI is InChI=1S/C14H26O4S2/c1-6-7-12(17-10(15)8-13(2,3)19)18-11(16)9-14(4,5)20/h12,19-20H,6-9H2,1-5H3. The molecule has 20 heavy (non-hydrogen) atoms. The fraction of sp³-hybridized carbons (Fsp3) is 0.857. The van der Waals surface area contributed by atoms with Gasteiger partial charge in [0.2, 0.25) is 6.29 Å². The molecule has 0 atom stereocenters. The zero-order valence-corrected chi connectivity index (χ0v) is 14.7. The van der Waals surface area contributed by atoms with Crippen LogP contribution in [-0.4, -0.2) is 27.7 Å². The predicted octanol–water partition coefficient (Wildman–Crippen LogP) is 3.40. The summed E-state index contributed by atoms with van der Waals surface area (Å²) in [5.41, 5.74) is 0. The molecule has 0 aliphatic carbocycles. The number of thiol groups is 2. The van der Waals surface area contributed by atoms with Crippen molar-refractivity contribution >= 4 is 37.2 Å². The minimum atomic E-state index is -0.827. The first-order valence-electron chi connectivity index (χ1n) is 6.76. The Hall–Kier alpha value is -0.360.